The number of pyridine rings is 1. The van der Waals surface area contributed by atoms with Gasteiger partial charge in [0.1, 0.15) is 22.9 Å². The fraction of sp³-hybridized carbons (Fsp3) is 0.211. The molecular weight excluding hydrogens is 307 g/mol. The Bertz CT molecular complexity index is 886. The van der Waals surface area contributed by atoms with Gasteiger partial charge in [-0.05, 0) is 42.8 Å². The van der Waals surface area contributed by atoms with Gasteiger partial charge in [-0.1, -0.05) is 19.1 Å². The Morgan fingerprint density at radius 1 is 1.29 bits per heavy atom. The van der Waals surface area contributed by atoms with Gasteiger partial charge in [0, 0.05) is 16.9 Å². The minimum absolute atomic E-state index is 0.171. The third-order valence-electron chi connectivity index (χ3n) is 3.91. The molecule has 1 unspecified atom stereocenters. The molecule has 0 aliphatic rings. The molecule has 0 saturated heterocycles. The third-order valence-corrected chi connectivity index (χ3v) is 3.91. The molecule has 4 nitrogen and oxygen atoms in total. The Morgan fingerprint density at radius 2 is 2.12 bits per heavy atom. The number of allylic oxidation sites excluding steroid dienone is 1. The van der Waals surface area contributed by atoms with E-state index in [2.05, 4.69) is 11.9 Å². The minimum Gasteiger partial charge on any atom is -0.497 e. The van der Waals surface area contributed by atoms with E-state index in [1.54, 1.807) is 25.3 Å². The van der Waals surface area contributed by atoms with Crippen molar-refractivity contribution >= 4 is 22.9 Å². The van der Waals surface area contributed by atoms with Gasteiger partial charge in [0.15, 0.2) is 0 Å². The smallest absolute Gasteiger partial charge is 0.222 e. The molecule has 2 aromatic heterocycles. The van der Waals surface area contributed by atoms with Crippen LogP contribution in [0.2, 0.25) is 0 Å². The lowest BCUT2D eigenvalue weighted by atomic mass is 10.0. The van der Waals surface area contributed by atoms with E-state index in [-0.39, 0.29) is 11.7 Å². The number of fused-ring (bicyclic) bond motifs is 1. The average Bonchev–Trinajstić information content (AvgIpc) is 2.99. The highest BCUT2D eigenvalue weighted by atomic mass is 19.1. The molecule has 0 radical (unpaired) electrons. The van der Waals surface area contributed by atoms with Crippen molar-refractivity contribution < 1.29 is 13.5 Å². The van der Waals surface area contributed by atoms with Crippen molar-refractivity contribution in [1.82, 2.24) is 4.98 Å². The number of ether oxygens (including phenoxy) is 1. The molecule has 0 aliphatic heterocycles. The Morgan fingerprint density at radius 3 is 2.88 bits per heavy atom. The normalized spacial score (nSPS) is 12.8. The van der Waals surface area contributed by atoms with Crippen LogP contribution < -0.4 is 10.5 Å². The van der Waals surface area contributed by atoms with Gasteiger partial charge in [0.2, 0.25) is 5.95 Å². The first-order valence-electron chi connectivity index (χ1n) is 7.73. The number of benzene rings is 1. The number of anilines is 1. The Hall–Kier alpha value is -2.82. The van der Waals surface area contributed by atoms with Crippen LogP contribution in [0.4, 0.5) is 10.2 Å². The summed E-state index contributed by atoms with van der Waals surface area (Å²) in [7, 11) is 1.64. The van der Waals surface area contributed by atoms with Crippen molar-refractivity contribution in [2.45, 2.75) is 19.3 Å². The lowest BCUT2D eigenvalue weighted by molar-refractivity contribution is 0.415. The van der Waals surface area contributed by atoms with Gasteiger partial charge in [-0.3, -0.25) is 0 Å². The van der Waals surface area contributed by atoms with Crippen LogP contribution in [-0.2, 0) is 0 Å². The molecule has 0 bridgehead atoms. The zero-order valence-electron chi connectivity index (χ0n) is 13.6. The summed E-state index contributed by atoms with van der Waals surface area (Å²) in [5.74, 6) is 1.47. The SMILES string of the molecule is COc1ccc2oc(C(C)C/C=C/c3ccc(N)nc3F)cc2c1. The topological polar surface area (TPSA) is 61.3 Å². The second kappa shape index (κ2) is 6.74. The van der Waals surface area contributed by atoms with E-state index < -0.39 is 5.95 Å². The third kappa shape index (κ3) is 3.40. The molecule has 0 fully saturated rings. The number of nitrogens with two attached hydrogens (primary N) is 1. The lowest BCUT2D eigenvalue weighted by Crippen LogP contribution is -1.94. The lowest BCUT2D eigenvalue weighted by Gasteiger charge is -2.04. The van der Waals surface area contributed by atoms with Gasteiger partial charge in [0.05, 0.1) is 7.11 Å². The molecule has 0 amide bonds. The molecule has 2 heterocycles. The Balaban J connectivity index is 1.72. The molecule has 1 atom stereocenters. The standard InChI is InChI=1S/C19H19FN2O2/c1-12(4-3-5-13-6-9-18(21)22-19(13)20)17-11-14-10-15(23-2)7-8-16(14)24-17/h3,5-12H,4H2,1-2H3,(H2,21,22)/b5-3+. The summed E-state index contributed by atoms with van der Waals surface area (Å²) < 4.78 is 24.7. The van der Waals surface area contributed by atoms with Crippen LogP contribution in [0.25, 0.3) is 17.0 Å². The van der Waals surface area contributed by atoms with Crippen molar-refractivity contribution in [3.63, 3.8) is 0 Å². The van der Waals surface area contributed by atoms with E-state index in [9.17, 15) is 4.39 Å². The van der Waals surface area contributed by atoms with Gasteiger partial charge >= 0.3 is 0 Å². The zero-order valence-corrected chi connectivity index (χ0v) is 13.6. The van der Waals surface area contributed by atoms with Gasteiger partial charge in [-0.2, -0.15) is 4.39 Å². The van der Waals surface area contributed by atoms with E-state index in [4.69, 9.17) is 14.9 Å². The number of halogens is 1. The molecule has 0 aliphatic carbocycles. The molecular formula is C19H19FN2O2. The van der Waals surface area contributed by atoms with Crippen LogP contribution in [0.5, 0.6) is 5.75 Å². The Labute approximate surface area is 139 Å². The average molecular weight is 326 g/mol. The molecule has 124 valence electrons. The number of hydrogen-bond acceptors (Lipinski definition) is 4. The number of nitrogen functional groups attached to an aromatic ring is 1. The summed E-state index contributed by atoms with van der Waals surface area (Å²) in [5, 5.41) is 1.01. The first-order chi connectivity index (χ1) is 11.6. The van der Waals surface area contributed by atoms with Crippen LogP contribution in [0.15, 0.2) is 46.9 Å². The molecule has 24 heavy (non-hydrogen) atoms. The second-order valence-corrected chi connectivity index (χ2v) is 5.71. The summed E-state index contributed by atoms with van der Waals surface area (Å²) in [6.45, 7) is 2.07. The van der Waals surface area contributed by atoms with Crippen LogP contribution in [0, 0.1) is 5.95 Å². The molecule has 0 spiro atoms. The van der Waals surface area contributed by atoms with E-state index in [0.717, 1.165) is 28.9 Å². The van der Waals surface area contributed by atoms with E-state index in [1.807, 2.05) is 30.3 Å². The largest absolute Gasteiger partial charge is 0.497 e. The summed E-state index contributed by atoms with van der Waals surface area (Å²) in [4.78, 5) is 3.60. The quantitative estimate of drug-likeness (QED) is 0.686. The van der Waals surface area contributed by atoms with Gasteiger partial charge in [-0.15, -0.1) is 0 Å². The number of nitrogens with zero attached hydrogens (tertiary/aromatic N) is 1. The van der Waals surface area contributed by atoms with E-state index >= 15 is 0 Å². The molecule has 3 aromatic rings. The summed E-state index contributed by atoms with van der Waals surface area (Å²) in [6, 6.07) is 10.9. The van der Waals surface area contributed by atoms with Crippen molar-refractivity contribution in [3.05, 3.63) is 59.7 Å². The van der Waals surface area contributed by atoms with Gasteiger partial charge in [0.25, 0.3) is 0 Å². The van der Waals surface area contributed by atoms with Crippen molar-refractivity contribution in [2.75, 3.05) is 12.8 Å². The Kier molecular flexibility index (Phi) is 4.51. The van der Waals surface area contributed by atoms with Crippen LogP contribution >= 0.6 is 0 Å². The molecule has 5 heteroatoms. The van der Waals surface area contributed by atoms with Gasteiger partial charge in [-0.25, -0.2) is 4.98 Å². The maximum atomic E-state index is 13.6. The molecule has 3 rings (SSSR count). The summed E-state index contributed by atoms with van der Waals surface area (Å²) >= 11 is 0. The highest BCUT2D eigenvalue weighted by Crippen LogP contribution is 2.29. The van der Waals surface area contributed by atoms with E-state index in [0.29, 0.717) is 5.56 Å². The molecule has 0 saturated carbocycles. The first kappa shape index (κ1) is 16.1. The molecule has 1 aromatic carbocycles. The number of aromatic nitrogens is 1. The van der Waals surface area contributed by atoms with Crippen molar-refractivity contribution in [3.8, 4) is 5.75 Å². The zero-order chi connectivity index (χ0) is 17.1. The second-order valence-electron chi connectivity index (χ2n) is 5.71. The predicted molar refractivity (Wildman–Crippen MR) is 93.4 cm³/mol. The van der Waals surface area contributed by atoms with Crippen LogP contribution in [-0.4, -0.2) is 12.1 Å². The van der Waals surface area contributed by atoms with Crippen LogP contribution in [0.3, 0.4) is 0 Å². The van der Waals surface area contributed by atoms with Crippen molar-refractivity contribution in [2.24, 2.45) is 0 Å². The maximum absolute atomic E-state index is 13.6. The number of methoxy groups -OCH3 is 1. The minimum atomic E-state index is -0.560. The maximum Gasteiger partial charge on any atom is 0.222 e. The highest BCUT2D eigenvalue weighted by Gasteiger charge is 2.11. The van der Waals surface area contributed by atoms with Crippen molar-refractivity contribution in [1.29, 1.82) is 0 Å². The van der Waals surface area contributed by atoms with Gasteiger partial charge < -0.3 is 14.9 Å². The monoisotopic (exact) mass is 326 g/mol. The highest BCUT2D eigenvalue weighted by molar-refractivity contribution is 5.79. The summed E-state index contributed by atoms with van der Waals surface area (Å²) in [6.07, 6.45) is 4.35. The van der Waals surface area contributed by atoms with Crippen LogP contribution in [0.1, 0.15) is 30.6 Å². The number of rotatable bonds is 5. The summed E-state index contributed by atoms with van der Waals surface area (Å²) in [5.41, 5.74) is 6.69. The number of furan rings is 1. The fourth-order valence-electron chi connectivity index (χ4n) is 2.51. The fourth-order valence-corrected chi connectivity index (χ4v) is 2.51. The molecule has 2 N–H and O–H groups in total. The first-order valence-corrected chi connectivity index (χ1v) is 7.73. The van der Waals surface area contributed by atoms with E-state index in [1.165, 1.54) is 0 Å². The predicted octanol–water partition coefficient (Wildman–Crippen LogP) is 4.76. The number of hydrogen-bond donors (Lipinski definition) is 1.